The molecule has 0 amide bonds. The van der Waals surface area contributed by atoms with Crippen LogP contribution in [0, 0.1) is 0 Å². The number of aromatic nitrogens is 2. The summed E-state index contributed by atoms with van der Waals surface area (Å²) in [7, 11) is 0. The number of imidazole rings is 1. The largest absolute Gasteiger partial charge is 0.494 e. The minimum atomic E-state index is 0.484. The molecule has 1 aromatic heterocycles. The van der Waals surface area contributed by atoms with E-state index in [-0.39, 0.29) is 0 Å². The number of aryl methyl sites for hydroxylation is 1. The molecule has 0 unspecified atom stereocenters. The first kappa shape index (κ1) is 13.8. The number of fused-ring (bicyclic) bond motifs is 1. The summed E-state index contributed by atoms with van der Waals surface area (Å²) >= 11 is 6.13. The second-order valence-electron chi connectivity index (χ2n) is 4.74. The van der Waals surface area contributed by atoms with Crippen LogP contribution < -0.4 is 10.5 Å². The number of nitrogen functional groups attached to an aromatic ring is 1. The Morgan fingerprint density at radius 2 is 1.90 bits per heavy atom. The number of para-hydroxylation sites is 2. The zero-order valence-corrected chi connectivity index (χ0v) is 12.3. The lowest BCUT2D eigenvalue weighted by Gasteiger charge is -2.08. The van der Waals surface area contributed by atoms with Crippen LogP contribution in [0.15, 0.2) is 48.5 Å². The van der Waals surface area contributed by atoms with E-state index >= 15 is 0 Å². The number of benzene rings is 2. The zero-order chi connectivity index (χ0) is 14.7. The van der Waals surface area contributed by atoms with Crippen LogP contribution in [0.5, 0.6) is 5.75 Å². The Hall–Kier alpha value is -2.20. The van der Waals surface area contributed by atoms with Crippen LogP contribution >= 0.6 is 11.6 Å². The van der Waals surface area contributed by atoms with E-state index in [9.17, 15) is 0 Å². The van der Waals surface area contributed by atoms with E-state index in [1.807, 2.05) is 53.1 Å². The molecule has 0 fully saturated rings. The average molecular weight is 302 g/mol. The van der Waals surface area contributed by atoms with Gasteiger partial charge in [-0.15, -0.1) is 0 Å². The molecule has 108 valence electrons. The Balaban J connectivity index is 1.66. The SMILES string of the molecule is Nc1nc2c(Cl)cccc2n1CCCOc1ccccc1. The molecular formula is C16H16ClN3O. The van der Waals surface area contributed by atoms with E-state index in [0.717, 1.165) is 29.7 Å². The Morgan fingerprint density at radius 3 is 2.71 bits per heavy atom. The van der Waals surface area contributed by atoms with Crippen molar-refractivity contribution in [3.63, 3.8) is 0 Å². The molecule has 0 atom stereocenters. The van der Waals surface area contributed by atoms with Gasteiger partial charge >= 0.3 is 0 Å². The van der Waals surface area contributed by atoms with Gasteiger partial charge in [0.1, 0.15) is 11.3 Å². The van der Waals surface area contributed by atoms with E-state index in [1.165, 1.54) is 0 Å². The monoisotopic (exact) mass is 301 g/mol. The maximum absolute atomic E-state index is 6.13. The molecule has 0 spiro atoms. The van der Waals surface area contributed by atoms with Gasteiger partial charge in [-0.05, 0) is 30.7 Å². The summed E-state index contributed by atoms with van der Waals surface area (Å²) in [5.41, 5.74) is 7.68. The summed E-state index contributed by atoms with van der Waals surface area (Å²) in [6, 6.07) is 15.5. The van der Waals surface area contributed by atoms with Crippen molar-refractivity contribution in [1.29, 1.82) is 0 Å². The molecule has 0 aliphatic carbocycles. The highest BCUT2D eigenvalue weighted by Crippen LogP contribution is 2.25. The molecule has 0 bridgehead atoms. The summed E-state index contributed by atoms with van der Waals surface area (Å²) in [6.07, 6.45) is 0.844. The maximum atomic E-state index is 6.13. The molecule has 3 aromatic rings. The quantitative estimate of drug-likeness (QED) is 0.730. The van der Waals surface area contributed by atoms with E-state index in [4.69, 9.17) is 22.1 Å². The number of rotatable bonds is 5. The number of hydrogen-bond acceptors (Lipinski definition) is 3. The van der Waals surface area contributed by atoms with Gasteiger partial charge in [-0.1, -0.05) is 35.9 Å². The van der Waals surface area contributed by atoms with Crippen LogP contribution in [0.4, 0.5) is 5.95 Å². The Labute approximate surface area is 128 Å². The molecule has 2 N–H and O–H groups in total. The number of ether oxygens (including phenoxy) is 1. The van der Waals surface area contributed by atoms with E-state index in [1.54, 1.807) is 0 Å². The number of hydrogen-bond donors (Lipinski definition) is 1. The van der Waals surface area contributed by atoms with E-state index in [2.05, 4.69) is 4.98 Å². The third-order valence-electron chi connectivity index (χ3n) is 3.30. The molecule has 4 nitrogen and oxygen atoms in total. The van der Waals surface area contributed by atoms with Crippen molar-refractivity contribution in [3.8, 4) is 5.75 Å². The lowest BCUT2D eigenvalue weighted by Crippen LogP contribution is -2.07. The highest BCUT2D eigenvalue weighted by molar-refractivity contribution is 6.35. The molecule has 0 aliphatic rings. The van der Waals surface area contributed by atoms with Gasteiger partial charge in [0.2, 0.25) is 5.95 Å². The minimum Gasteiger partial charge on any atom is -0.494 e. The fraction of sp³-hybridized carbons (Fsp3) is 0.188. The molecule has 0 radical (unpaired) electrons. The van der Waals surface area contributed by atoms with Gasteiger partial charge in [0, 0.05) is 6.54 Å². The van der Waals surface area contributed by atoms with Gasteiger partial charge in [0.25, 0.3) is 0 Å². The van der Waals surface area contributed by atoms with Gasteiger partial charge in [-0.2, -0.15) is 0 Å². The van der Waals surface area contributed by atoms with Crippen LogP contribution in [-0.4, -0.2) is 16.2 Å². The second kappa shape index (κ2) is 6.06. The molecule has 2 aromatic carbocycles. The molecule has 3 rings (SSSR count). The molecule has 21 heavy (non-hydrogen) atoms. The number of anilines is 1. The predicted molar refractivity (Wildman–Crippen MR) is 85.7 cm³/mol. The van der Waals surface area contributed by atoms with Gasteiger partial charge in [0.05, 0.1) is 17.1 Å². The van der Waals surface area contributed by atoms with Crippen LogP contribution in [0.1, 0.15) is 6.42 Å². The van der Waals surface area contributed by atoms with Gasteiger partial charge in [-0.25, -0.2) is 4.98 Å². The van der Waals surface area contributed by atoms with Crippen molar-refractivity contribution in [2.75, 3.05) is 12.3 Å². The first-order chi connectivity index (χ1) is 10.3. The maximum Gasteiger partial charge on any atom is 0.201 e. The van der Waals surface area contributed by atoms with Crippen LogP contribution in [0.2, 0.25) is 5.02 Å². The Bertz CT molecular complexity index is 740. The lowest BCUT2D eigenvalue weighted by molar-refractivity contribution is 0.303. The molecule has 0 aliphatic heterocycles. The highest BCUT2D eigenvalue weighted by Gasteiger charge is 2.10. The molecule has 0 saturated carbocycles. The lowest BCUT2D eigenvalue weighted by atomic mass is 10.3. The minimum absolute atomic E-state index is 0.484. The van der Waals surface area contributed by atoms with Crippen LogP contribution in [-0.2, 0) is 6.54 Å². The van der Waals surface area contributed by atoms with Gasteiger partial charge in [0.15, 0.2) is 0 Å². The third-order valence-corrected chi connectivity index (χ3v) is 3.60. The van der Waals surface area contributed by atoms with Crippen molar-refractivity contribution in [2.24, 2.45) is 0 Å². The highest BCUT2D eigenvalue weighted by atomic mass is 35.5. The fourth-order valence-corrected chi connectivity index (χ4v) is 2.51. The Morgan fingerprint density at radius 1 is 1.10 bits per heavy atom. The fourth-order valence-electron chi connectivity index (χ4n) is 2.30. The van der Waals surface area contributed by atoms with Gasteiger partial charge < -0.3 is 15.0 Å². The third kappa shape index (κ3) is 2.95. The van der Waals surface area contributed by atoms with Crippen molar-refractivity contribution in [3.05, 3.63) is 53.6 Å². The average Bonchev–Trinajstić information content (AvgIpc) is 2.82. The standard InChI is InChI=1S/C16H16ClN3O/c17-13-8-4-9-14-15(13)19-16(18)20(14)10-5-11-21-12-6-2-1-3-7-12/h1-4,6-9H,5,10-11H2,(H2,18,19). The van der Waals surface area contributed by atoms with Gasteiger partial charge in [-0.3, -0.25) is 0 Å². The predicted octanol–water partition coefficient (Wildman–Crippen LogP) is 3.74. The smallest absolute Gasteiger partial charge is 0.201 e. The van der Waals surface area contributed by atoms with E-state index in [0.29, 0.717) is 17.6 Å². The summed E-state index contributed by atoms with van der Waals surface area (Å²) in [5, 5.41) is 0.624. The first-order valence-electron chi connectivity index (χ1n) is 6.84. The summed E-state index contributed by atoms with van der Waals surface area (Å²) in [4.78, 5) is 4.32. The molecule has 0 saturated heterocycles. The summed E-state index contributed by atoms with van der Waals surface area (Å²) < 4.78 is 7.65. The van der Waals surface area contributed by atoms with Crippen LogP contribution in [0.3, 0.4) is 0 Å². The topological polar surface area (TPSA) is 53.1 Å². The summed E-state index contributed by atoms with van der Waals surface area (Å²) in [6.45, 7) is 1.37. The van der Waals surface area contributed by atoms with Crippen molar-refractivity contribution < 1.29 is 4.74 Å². The summed E-state index contributed by atoms with van der Waals surface area (Å²) in [5.74, 6) is 1.36. The molecule has 5 heteroatoms. The zero-order valence-electron chi connectivity index (χ0n) is 11.5. The van der Waals surface area contributed by atoms with Crippen molar-refractivity contribution in [2.45, 2.75) is 13.0 Å². The number of nitrogens with zero attached hydrogens (tertiary/aromatic N) is 2. The van der Waals surface area contributed by atoms with E-state index < -0.39 is 0 Å². The second-order valence-corrected chi connectivity index (χ2v) is 5.15. The number of nitrogens with two attached hydrogens (primary N) is 1. The first-order valence-corrected chi connectivity index (χ1v) is 7.21. The Kier molecular flexibility index (Phi) is 3.97. The van der Waals surface area contributed by atoms with Crippen LogP contribution in [0.25, 0.3) is 11.0 Å². The number of halogens is 1. The molecular weight excluding hydrogens is 286 g/mol. The molecule has 1 heterocycles. The van der Waals surface area contributed by atoms with Crippen molar-refractivity contribution >= 4 is 28.6 Å². The van der Waals surface area contributed by atoms with Crippen molar-refractivity contribution in [1.82, 2.24) is 9.55 Å². The normalized spacial score (nSPS) is 10.9.